The molecule has 3 heterocycles. The summed E-state index contributed by atoms with van der Waals surface area (Å²) in [7, 11) is 1.64. The number of aromatic nitrogens is 1. The van der Waals surface area contributed by atoms with Gasteiger partial charge >= 0.3 is 0 Å². The Morgan fingerprint density at radius 2 is 2.03 bits per heavy atom. The van der Waals surface area contributed by atoms with Crippen LogP contribution in [0.25, 0.3) is 0 Å². The number of pyridine rings is 1. The third-order valence-corrected chi connectivity index (χ3v) is 7.16. The molecule has 2 aromatic rings. The topological polar surface area (TPSA) is 68.7 Å². The lowest BCUT2D eigenvalue weighted by atomic mass is 9.83. The molecule has 1 aromatic carbocycles. The summed E-state index contributed by atoms with van der Waals surface area (Å²) in [5.41, 5.74) is 2.63. The van der Waals surface area contributed by atoms with Crippen molar-refractivity contribution in [1.82, 2.24) is 9.88 Å². The Morgan fingerprint density at radius 3 is 2.79 bits per heavy atom. The van der Waals surface area contributed by atoms with Crippen LogP contribution in [0.4, 0.5) is 0 Å². The van der Waals surface area contributed by atoms with Crippen LogP contribution in [0.15, 0.2) is 53.9 Å². The lowest BCUT2D eigenvalue weighted by molar-refractivity contribution is -0.136. The highest BCUT2D eigenvalue weighted by Gasteiger charge is 2.42. The lowest BCUT2D eigenvalue weighted by Crippen LogP contribution is -2.45. The number of ketones is 1. The average Bonchev–Trinajstić information content (AvgIpc) is 3.17. The fourth-order valence-electron chi connectivity index (χ4n) is 5.43. The van der Waals surface area contributed by atoms with E-state index in [1.807, 2.05) is 36.4 Å². The van der Waals surface area contributed by atoms with E-state index in [0.29, 0.717) is 36.8 Å². The first kappa shape index (κ1) is 21.7. The smallest absolute Gasteiger partial charge is 0.290 e. The summed E-state index contributed by atoms with van der Waals surface area (Å²) in [6.45, 7) is 0.428. The molecule has 1 aromatic heterocycles. The SMILES string of the molecule is COc1cccc2c1CC1=C(O2)C(=O)N([C@@H](CC2CCCCC2)C(=O)Cc2ccccn2)C1. The third-order valence-electron chi connectivity index (χ3n) is 7.16. The summed E-state index contributed by atoms with van der Waals surface area (Å²) in [5.74, 6) is 2.16. The van der Waals surface area contributed by atoms with Gasteiger partial charge in [-0.1, -0.05) is 44.2 Å². The molecule has 3 aliphatic rings. The number of methoxy groups -OCH3 is 1. The summed E-state index contributed by atoms with van der Waals surface area (Å²) < 4.78 is 11.6. The molecule has 0 spiro atoms. The lowest BCUT2D eigenvalue weighted by Gasteiger charge is -2.32. The molecular weight excluding hydrogens is 416 g/mol. The van der Waals surface area contributed by atoms with Crippen LogP contribution >= 0.6 is 0 Å². The zero-order chi connectivity index (χ0) is 22.8. The maximum atomic E-state index is 13.5. The van der Waals surface area contributed by atoms with Crippen molar-refractivity contribution in [2.24, 2.45) is 5.92 Å². The monoisotopic (exact) mass is 446 g/mol. The number of amides is 1. The number of hydrogen-bond acceptors (Lipinski definition) is 5. The quantitative estimate of drug-likeness (QED) is 0.635. The molecule has 1 saturated carbocycles. The van der Waals surface area contributed by atoms with Crippen molar-refractivity contribution >= 4 is 11.7 Å². The van der Waals surface area contributed by atoms with E-state index >= 15 is 0 Å². The highest BCUT2D eigenvalue weighted by atomic mass is 16.5. The van der Waals surface area contributed by atoms with Gasteiger partial charge in [0.1, 0.15) is 11.5 Å². The second kappa shape index (κ2) is 9.38. The predicted octanol–water partition coefficient (Wildman–Crippen LogP) is 4.27. The summed E-state index contributed by atoms with van der Waals surface area (Å²) in [5, 5.41) is 0. The molecule has 2 aliphatic heterocycles. The number of carbonyl (C=O) groups excluding carboxylic acids is 2. The molecule has 6 nitrogen and oxygen atoms in total. The molecule has 0 saturated heterocycles. The molecule has 1 fully saturated rings. The van der Waals surface area contributed by atoms with Crippen molar-refractivity contribution in [3.63, 3.8) is 0 Å². The zero-order valence-corrected chi connectivity index (χ0v) is 19.1. The van der Waals surface area contributed by atoms with Gasteiger partial charge in [-0.25, -0.2) is 0 Å². The maximum absolute atomic E-state index is 13.5. The molecule has 1 amide bonds. The summed E-state index contributed by atoms with van der Waals surface area (Å²) in [6.07, 6.45) is 9.17. The molecule has 0 bridgehead atoms. The van der Waals surface area contributed by atoms with Crippen molar-refractivity contribution in [1.29, 1.82) is 0 Å². The summed E-state index contributed by atoms with van der Waals surface area (Å²) >= 11 is 0. The fourth-order valence-corrected chi connectivity index (χ4v) is 5.43. The van der Waals surface area contributed by atoms with E-state index in [2.05, 4.69) is 4.98 Å². The van der Waals surface area contributed by atoms with Gasteiger partial charge < -0.3 is 14.4 Å². The Morgan fingerprint density at radius 1 is 1.18 bits per heavy atom. The number of rotatable bonds is 7. The molecule has 1 aliphatic carbocycles. The molecule has 6 heteroatoms. The van der Waals surface area contributed by atoms with E-state index in [1.165, 1.54) is 19.3 Å². The molecule has 0 unspecified atom stereocenters. The first-order valence-electron chi connectivity index (χ1n) is 11.9. The Kier molecular flexibility index (Phi) is 6.16. The minimum absolute atomic E-state index is 0.0579. The van der Waals surface area contributed by atoms with Crippen LogP contribution in [0.3, 0.4) is 0 Å². The first-order chi connectivity index (χ1) is 16.1. The minimum Gasteiger partial charge on any atom is -0.496 e. The van der Waals surface area contributed by atoms with Crippen LogP contribution in [0, 0.1) is 5.92 Å². The van der Waals surface area contributed by atoms with Crippen molar-refractivity contribution in [2.75, 3.05) is 13.7 Å². The number of fused-ring (bicyclic) bond motifs is 1. The second-order valence-corrected chi connectivity index (χ2v) is 9.30. The van der Waals surface area contributed by atoms with E-state index in [0.717, 1.165) is 35.4 Å². The van der Waals surface area contributed by atoms with Crippen LogP contribution in [0.1, 0.15) is 49.8 Å². The van der Waals surface area contributed by atoms with Crippen LogP contribution in [0.5, 0.6) is 11.5 Å². The van der Waals surface area contributed by atoms with Gasteiger partial charge in [0.15, 0.2) is 11.5 Å². The molecule has 0 N–H and O–H groups in total. The largest absolute Gasteiger partial charge is 0.496 e. The zero-order valence-electron chi connectivity index (χ0n) is 19.1. The number of Topliss-reactive ketones (excluding diaryl/α,β-unsaturated/α-hetero) is 1. The second-order valence-electron chi connectivity index (χ2n) is 9.30. The van der Waals surface area contributed by atoms with Gasteiger partial charge in [-0.3, -0.25) is 14.6 Å². The molecule has 172 valence electrons. The van der Waals surface area contributed by atoms with Gasteiger partial charge in [0.2, 0.25) is 0 Å². The number of nitrogens with zero attached hydrogens (tertiary/aromatic N) is 2. The Balaban J connectivity index is 1.38. The minimum atomic E-state index is -0.457. The normalized spacial score (nSPS) is 19.1. The molecule has 33 heavy (non-hydrogen) atoms. The number of ether oxygens (including phenoxy) is 2. The maximum Gasteiger partial charge on any atom is 0.290 e. The van der Waals surface area contributed by atoms with E-state index in [-0.39, 0.29) is 18.1 Å². The summed E-state index contributed by atoms with van der Waals surface area (Å²) in [6, 6.07) is 10.8. The van der Waals surface area contributed by atoms with E-state index < -0.39 is 6.04 Å². The number of carbonyl (C=O) groups is 2. The van der Waals surface area contributed by atoms with Gasteiger partial charge in [-0.2, -0.15) is 0 Å². The van der Waals surface area contributed by atoms with Gasteiger partial charge in [0.05, 0.1) is 19.6 Å². The Bertz CT molecular complexity index is 1070. The Hall–Kier alpha value is -3.15. The van der Waals surface area contributed by atoms with Crippen LogP contribution in [0.2, 0.25) is 0 Å². The van der Waals surface area contributed by atoms with Crippen LogP contribution < -0.4 is 9.47 Å². The molecule has 5 rings (SSSR count). The van der Waals surface area contributed by atoms with Gasteiger partial charge in [0, 0.05) is 36.0 Å². The summed E-state index contributed by atoms with van der Waals surface area (Å²) in [4.78, 5) is 33.1. The van der Waals surface area contributed by atoms with Crippen LogP contribution in [-0.4, -0.2) is 41.3 Å². The predicted molar refractivity (Wildman–Crippen MR) is 124 cm³/mol. The first-order valence-corrected chi connectivity index (χ1v) is 11.9. The van der Waals surface area contributed by atoms with Gasteiger partial charge in [-0.15, -0.1) is 0 Å². The van der Waals surface area contributed by atoms with E-state index in [4.69, 9.17) is 9.47 Å². The standard InChI is InChI=1S/C27H30N2O4/c1-32-24-11-7-12-25-21(24)15-19-17-29(27(31)26(19)33-25)22(14-18-8-3-2-4-9-18)23(30)16-20-10-5-6-13-28-20/h5-7,10-13,18,22H,2-4,8-9,14-17H2,1H3/t22-/m0/s1. The molecule has 1 atom stereocenters. The molecular formula is C27H30N2O4. The van der Waals surface area contributed by atoms with Crippen molar-refractivity contribution < 1.29 is 19.1 Å². The highest BCUT2D eigenvalue weighted by Crippen LogP contribution is 2.40. The van der Waals surface area contributed by atoms with E-state index in [9.17, 15) is 9.59 Å². The Labute approximate surface area is 194 Å². The highest BCUT2D eigenvalue weighted by molar-refractivity contribution is 6.00. The van der Waals surface area contributed by atoms with E-state index in [1.54, 1.807) is 18.2 Å². The molecule has 0 radical (unpaired) electrons. The average molecular weight is 447 g/mol. The van der Waals surface area contributed by atoms with Crippen molar-refractivity contribution in [2.45, 2.75) is 57.4 Å². The number of benzene rings is 1. The van der Waals surface area contributed by atoms with Crippen LogP contribution in [-0.2, 0) is 22.4 Å². The fraction of sp³-hybridized carbons (Fsp3) is 0.444. The third kappa shape index (κ3) is 4.39. The van der Waals surface area contributed by atoms with Crippen molar-refractivity contribution in [3.8, 4) is 11.5 Å². The van der Waals surface area contributed by atoms with Gasteiger partial charge in [0.25, 0.3) is 5.91 Å². The van der Waals surface area contributed by atoms with Gasteiger partial charge in [-0.05, 0) is 36.6 Å². The van der Waals surface area contributed by atoms with Crippen molar-refractivity contribution in [3.05, 3.63) is 65.2 Å². The number of hydrogen-bond donors (Lipinski definition) is 0.